The van der Waals surface area contributed by atoms with E-state index in [1.165, 1.54) is 7.11 Å². The van der Waals surface area contributed by atoms with Crippen LogP contribution in [0, 0.1) is 3.57 Å². The molecule has 2 aromatic carbocycles. The predicted molar refractivity (Wildman–Crippen MR) is 122 cm³/mol. The van der Waals surface area contributed by atoms with Crippen molar-refractivity contribution in [2.45, 2.75) is 31.6 Å². The zero-order valence-electron chi connectivity index (χ0n) is 17.0. The molecule has 2 aromatic rings. The van der Waals surface area contributed by atoms with Crippen LogP contribution >= 0.6 is 22.6 Å². The Kier molecular flexibility index (Phi) is 10.2. The monoisotopic (exact) mass is 540 g/mol. The van der Waals surface area contributed by atoms with Crippen molar-refractivity contribution in [1.82, 2.24) is 10.6 Å². The Morgan fingerprint density at radius 2 is 1.71 bits per heavy atom. The fraction of sp³-hybridized carbons (Fsp3) is 0.318. The molecule has 2 amide bonds. The van der Waals surface area contributed by atoms with Crippen LogP contribution in [0.5, 0.6) is 0 Å². The van der Waals surface area contributed by atoms with Gasteiger partial charge in [0.2, 0.25) is 5.91 Å². The number of esters is 1. The van der Waals surface area contributed by atoms with Gasteiger partial charge in [-0.15, -0.1) is 0 Å². The van der Waals surface area contributed by atoms with E-state index in [0.717, 1.165) is 14.7 Å². The third-order valence-electron chi connectivity index (χ3n) is 4.29. The topological polar surface area (TPSA) is 114 Å². The summed E-state index contributed by atoms with van der Waals surface area (Å²) in [5, 5.41) is 15.0. The van der Waals surface area contributed by atoms with Crippen molar-refractivity contribution >= 4 is 40.6 Å². The van der Waals surface area contributed by atoms with Crippen LogP contribution in [-0.2, 0) is 32.1 Å². The van der Waals surface area contributed by atoms with Gasteiger partial charge in [0.25, 0.3) is 0 Å². The van der Waals surface area contributed by atoms with Crippen molar-refractivity contribution < 1.29 is 29.0 Å². The molecule has 9 heteroatoms. The fourth-order valence-electron chi connectivity index (χ4n) is 2.71. The van der Waals surface area contributed by atoms with Crippen LogP contribution in [0.15, 0.2) is 54.6 Å². The number of aliphatic hydroxyl groups is 1. The number of aliphatic hydroxyl groups excluding tert-OH is 1. The highest BCUT2D eigenvalue weighted by molar-refractivity contribution is 14.1. The van der Waals surface area contributed by atoms with Gasteiger partial charge in [0.15, 0.2) is 0 Å². The summed E-state index contributed by atoms with van der Waals surface area (Å²) in [6.45, 7) is -0.0658. The molecule has 166 valence electrons. The molecule has 0 unspecified atom stereocenters. The lowest BCUT2D eigenvalue weighted by Gasteiger charge is -2.18. The summed E-state index contributed by atoms with van der Waals surface area (Å²) < 4.78 is 10.9. The SMILES string of the molecule is COC(=O)[C@H](Cc1ccc(I)cc1)NC(=O)C[C@@H](O)CNC(=O)OCc1ccccc1. The summed E-state index contributed by atoms with van der Waals surface area (Å²) in [5.41, 5.74) is 1.69. The third kappa shape index (κ3) is 9.35. The van der Waals surface area contributed by atoms with Gasteiger partial charge in [-0.25, -0.2) is 9.59 Å². The molecule has 0 bridgehead atoms. The van der Waals surface area contributed by atoms with E-state index < -0.39 is 30.1 Å². The van der Waals surface area contributed by atoms with Crippen LogP contribution in [0.1, 0.15) is 17.5 Å². The first kappa shape index (κ1) is 24.6. The quantitative estimate of drug-likeness (QED) is 0.315. The minimum absolute atomic E-state index is 0.0998. The lowest BCUT2D eigenvalue weighted by molar-refractivity contribution is -0.145. The largest absolute Gasteiger partial charge is 0.467 e. The number of rotatable bonds is 10. The highest BCUT2D eigenvalue weighted by Gasteiger charge is 2.23. The normalized spacial score (nSPS) is 12.4. The van der Waals surface area contributed by atoms with Crippen LogP contribution in [0.4, 0.5) is 4.79 Å². The molecule has 3 N–H and O–H groups in total. The maximum atomic E-state index is 12.3. The van der Waals surface area contributed by atoms with E-state index in [1.807, 2.05) is 54.6 Å². The Bertz CT molecular complexity index is 860. The van der Waals surface area contributed by atoms with Crippen molar-refractivity contribution in [3.63, 3.8) is 0 Å². The first-order valence-electron chi connectivity index (χ1n) is 9.61. The molecule has 8 nitrogen and oxygen atoms in total. The maximum Gasteiger partial charge on any atom is 0.407 e. The summed E-state index contributed by atoms with van der Waals surface area (Å²) in [5.74, 6) is -1.11. The van der Waals surface area contributed by atoms with Crippen molar-refractivity contribution in [3.05, 3.63) is 69.3 Å². The van der Waals surface area contributed by atoms with Crippen LogP contribution in [0.2, 0.25) is 0 Å². The molecule has 0 radical (unpaired) electrons. The van der Waals surface area contributed by atoms with Gasteiger partial charge in [0.1, 0.15) is 12.6 Å². The van der Waals surface area contributed by atoms with E-state index in [2.05, 4.69) is 33.2 Å². The molecular weight excluding hydrogens is 515 g/mol. The molecule has 31 heavy (non-hydrogen) atoms. The molecule has 2 rings (SSSR count). The average molecular weight is 540 g/mol. The third-order valence-corrected chi connectivity index (χ3v) is 5.01. The summed E-state index contributed by atoms with van der Waals surface area (Å²) in [6, 6.07) is 15.8. The minimum atomic E-state index is -1.14. The molecule has 0 fully saturated rings. The highest BCUT2D eigenvalue weighted by Crippen LogP contribution is 2.10. The number of methoxy groups -OCH3 is 1. The minimum Gasteiger partial charge on any atom is -0.467 e. The Morgan fingerprint density at radius 3 is 2.35 bits per heavy atom. The van der Waals surface area contributed by atoms with Crippen molar-refractivity contribution in [3.8, 4) is 0 Å². The number of amides is 2. The molecule has 0 aliphatic carbocycles. The number of carbonyl (C=O) groups excluding carboxylic acids is 3. The molecule has 0 spiro atoms. The number of benzene rings is 2. The van der Waals surface area contributed by atoms with Crippen LogP contribution in [-0.4, -0.2) is 48.9 Å². The predicted octanol–water partition coefficient (Wildman–Crippen LogP) is 2.17. The van der Waals surface area contributed by atoms with E-state index in [9.17, 15) is 19.5 Å². The molecule has 0 saturated heterocycles. The number of halogens is 1. The van der Waals surface area contributed by atoms with Gasteiger partial charge in [0.05, 0.1) is 19.6 Å². The van der Waals surface area contributed by atoms with Gasteiger partial charge in [-0.3, -0.25) is 4.79 Å². The van der Waals surface area contributed by atoms with Crippen molar-refractivity contribution in [1.29, 1.82) is 0 Å². The number of carbonyl (C=O) groups is 3. The Morgan fingerprint density at radius 1 is 1.03 bits per heavy atom. The zero-order valence-corrected chi connectivity index (χ0v) is 19.2. The lowest BCUT2D eigenvalue weighted by atomic mass is 10.1. The van der Waals surface area contributed by atoms with Crippen LogP contribution in [0.25, 0.3) is 0 Å². The zero-order chi connectivity index (χ0) is 22.6. The highest BCUT2D eigenvalue weighted by atomic mass is 127. The summed E-state index contributed by atoms with van der Waals surface area (Å²) in [7, 11) is 1.25. The maximum absolute atomic E-state index is 12.3. The summed E-state index contributed by atoms with van der Waals surface area (Å²) in [6.07, 6.45) is -1.87. The van der Waals surface area contributed by atoms with E-state index in [4.69, 9.17) is 9.47 Å². The number of ether oxygens (including phenoxy) is 2. The molecule has 2 atom stereocenters. The first-order chi connectivity index (χ1) is 14.9. The number of alkyl carbamates (subject to hydrolysis) is 1. The molecule has 0 saturated carbocycles. The fourth-order valence-corrected chi connectivity index (χ4v) is 3.07. The van der Waals surface area contributed by atoms with Crippen molar-refractivity contribution in [2.24, 2.45) is 0 Å². The summed E-state index contributed by atoms with van der Waals surface area (Å²) in [4.78, 5) is 36.0. The first-order valence-corrected chi connectivity index (χ1v) is 10.7. The van der Waals surface area contributed by atoms with Crippen LogP contribution < -0.4 is 10.6 Å². The van der Waals surface area contributed by atoms with Gasteiger partial charge in [-0.05, 0) is 45.9 Å². The van der Waals surface area contributed by atoms with Crippen molar-refractivity contribution in [2.75, 3.05) is 13.7 Å². The van der Waals surface area contributed by atoms with Gasteiger partial charge >= 0.3 is 12.1 Å². The Hall–Kier alpha value is -2.66. The second-order valence-corrected chi connectivity index (χ2v) is 8.02. The van der Waals surface area contributed by atoms with Gasteiger partial charge in [0, 0.05) is 16.5 Å². The smallest absolute Gasteiger partial charge is 0.407 e. The Balaban J connectivity index is 1.76. The molecule has 0 aliphatic rings. The lowest BCUT2D eigenvalue weighted by Crippen LogP contribution is -2.45. The standard InChI is InChI=1S/C22H25IN2O6/c1-30-21(28)19(11-15-7-9-17(23)10-8-15)25-20(27)12-18(26)13-24-22(29)31-14-16-5-3-2-4-6-16/h2-10,18-19,26H,11-14H2,1H3,(H,24,29)(H,25,27)/t18-,19+/m1/s1. The van der Waals surface area contributed by atoms with E-state index in [-0.39, 0.29) is 26.0 Å². The Labute approximate surface area is 194 Å². The number of hydrogen-bond acceptors (Lipinski definition) is 6. The number of hydrogen-bond donors (Lipinski definition) is 3. The van der Waals surface area contributed by atoms with E-state index in [1.54, 1.807) is 0 Å². The van der Waals surface area contributed by atoms with Gasteiger partial charge < -0.3 is 25.2 Å². The van der Waals surface area contributed by atoms with Gasteiger partial charge in [-0.1, -0.05) is 42.5 Å². The van der Waals surface area contributed by atoms with Gasteiger partial charge in [-0.2, -0.15) is 0 Å². The molecule has 0 heterocycles. The number of nitrogens with one attached hydrogen (secondary N) is 2. The molecule has 0 aliphatic heterocycles. The molecular formula is C22H25IN2O6. The van der Waals surface area contributed by atoms with Crippen LogP contribution in [0.3, 0.4) is 0 Å². The second-order valence-electron chi connectivity index (χ2n) is 6.77. The van der Waals surface area contributed by atoms with E-state index >= 15 is 0 Å². The summed E-state index contributed by atoms with van der Waals surface area (Å²) >= 11 is 2.18. The second kappa shape index (κ2) is 12.9. The van der Waals surface area contributed by atoms with E-state index in [0.29, 0.717) is 0 Å². The average Bonchev–Trinajstić information content (AvgIpc) is 2.77. The molecule has 0 aromatic heterocycles.